The molecule has 0 radical (unpaired) electrons. The molecule has 2 heteroatoms. The zero-order chi connectivity index (χ0) is 45.1. The van der Waals surface area contributed by atoms with Crippen LogP contribution in [0.5, 0.6) is 0 Å². The molecule has 0 saturated heterocycles. The minimum Gasteiger partial charge on any atom is -0.310 e. The first-order valence-corrected chi connectivity index (χ1v) is 22.8. The quantitative estimate of drug-likeness (QED) is 0.0999. The maximum absolute atomic E-state index is 4.49. The highest BCUT2D eigenvalue weighted by Gasteiger charge is 2.23. The molecule has 0 N–H and O–H groups in total. The summed E-state index contributed by atoms with van der Waals surface area (Å²) >= 11 is 0. The Labute approximate surface area is 388 Å². The molecule has 0 aliphatic carbocycles. The lowest BCUT2D eigenvalue weighted by molar-refractivity contribution is 1.29. The van der Waals surface area contributed by atoms with Gasteiger partial charge in [0.2, 0.25) is 0 Å². The fraction of sp³-hybridized carbons (Fsp3) is 0.0625. The van der Waals surface area contributed by atoms with Crippen molar-refractivity contribution in [1.82, 2.24) is 0 Å². The van der Waals surface area contributed by atoms with Gasteiger partial charge in [-0.15, -0.1) is 0 Å². The van der Waals surface area contributed by atoms with Crippen molar-refractivity contribution in [2.45, 2.75) is 27.7 Å². The van der Waals surface area contributed by atoms with Gasteiger partial charge in [0, 0.05) is 33.5 Å². The lowest BCUT2D eigenvalue weighted by Crippen LogP contribution is -2.11. The van der Waals surface area contributed by atoms with E-state index < -0.39 is 0 Å². The van der Waals surface area contributed by atoms with E-state index in [1.807, 2.05) is 0 Å². The molecule has 0 bridgehead atoms. The van der Waals surface area contributed by atoms with Crippen molar-refractivity contribution in [3.05, 3.63) is 264 Å². The molecule has 316 valence electrons. The van der Waals surface area contributed by atoms with Crippen LogP contribution in [-0.2, 0) is 0 Å². The number of hydrogen-bond donors (Lipinski definition) is 0. The van der Waals surface area contributed by atoms with Crippen LogP contribution in [0.1, 0.15) is 44.5 Å². The molecule has 0 heterocycles. The monoisotopic (exact) mass is 846 g/mol. The Morgan fingerprint density at radius 3 is 0.833 bits per heavy atom. The van der Waals surface area contributed by atoms with Crippen molar-refractivity contribution in [2.24, 2.45) is 0 Å². The van der Waals surface area contributed by atoms with Crippen LogP contribution in [0.3, 0.4) is 0 Å². The van der Waals surface area contributed by atoms with Gasteiger partial charge in [0.15, 0.2) is 0 Å². The summed E-state index contributed by atoms with van der Waals surface area (Å²) in [5.41, 5.74) is 18.1. The summed E-state index contributed by atoms with van der Waals surface area (Å²) in [6, 6.07) is 75.7. The van der Waals surface area contributed by atoms with Crippen LogP contribution in [0.4, 0.5) is 34.1 Å². The molecule has 66 heavy (non-hydrogen) atoms. The lowest BCUT2D eigenvalue weighted by atomic mass is 9.88. The van der Waals surface area contributed by atoms with Gasteiger partial charge in [0.25, 0.3) is 0 Å². The molecule has 0 fully saturated rings. The van der Waals surface area contributed by atoms with E-state index in [0.717, 1.165) is 67.5 Å². The highest BCUT2D eigenvalue weighted by Crippen LogP contribution is 2.49. The summed E-state index contributed by atoms with van der Waals surface area (Å²) in [7, 11) is 0. The van der Waals surface area contributed by atoms with E-state index in [2.05, 4.69) is 257 Å². The Morgan fingerprint density at radius 2 is 0.515 bits per heavy atom. The van der Waals surface area contributed by atoms with E-state index in [1.54, 1.807) is 0 Å². The molecule has 0 aromatic heterocycles. The first kappa shape index (κ1) is 40.6. The van der Waals surface area contributed by atoms with Gasteiger partial charge in [-0.3, -0.25) is 0 Å². The first-order valence-electron chi connectivity index (χ1n) is 22.8. The summed E-state index contributed by atoms with van der Waals surface area (Å²) in [4.78, 5) is 4.81. The van der Waals surface area contributed by atoms with Crippen LogP contribution >= 0.6 is 0 Å². The summed E-state index contributed by atoms with van der Waals surface area (Å²) in [5, 5.41) is 9.93. The van der Waals surface area contributed by atoms with Gasteiger partial charge in [-0.2, -0.15) is 0 Å². The highest BCUT2D eigenvalue weighted by atomic mass is 15.1. The Morgan fingerprint density at radius 1 is 0.273 bits per heavy atom. The van der Waals surface area contributed by atoms with E-state index >= 15 is 0 Å². The second-order valence-corrected chi connectivity index (χ2v) is 17.8. The number of rotatable bonds is 10. The molecule has 0 amide bonds. The van der Waals surface area contributed by atoms with E-state index in [4.69, 9.17) is 0 Å². The summed E-state index contributed by atoms with van der Waals surface area (Å²) in [6.07, 6.45) is 0. The maximum atomic E-state index is 4.49. The number of anilines is 6. The molecule has 0 atom stereocenters. The third-order valence-corrected chi connectivity index (χ3v) is 13.4. The van der Waals surface area contributed by atoms with Crippen molar-refractivity contribution in [3.63, 3.8) is 0 Å². The van der Waals surface area contributed by atoms with Gasteiger partial charge in [0.05, 0.1) is 11.4 Å². The second-order valence-electron chi connectivity index (χ2n) is 17.8. The summed E-state index contributed by atoms with van der Waals surface area (Å²) in [5.74, 6) is 0. The highest BCUT2D eigenvalue weighted by molar-refractivity contribution is 6.35. The fourth-order valence-electron chi connectivity index (χ4n) is 9.78. The van der Waals surface area contributed by atoms with Gasteiger partial charge in [-0.25, -0.2) is 0 Å². The average molecular weight is 847 g/mol. The molecule has 11 rings (SSSR count). The first-order chi connectivity index (χ1) is 32.2. The zero-order valence-electron chi connectivity index (χ0n) is 37.9. The van der Waals surface area contributed by atoms with Crippen molar-refractivity contribution >= 4 is 88.4 Å². The van der Waals surface area contributed by atoms with Crippen LogP contribution in [0.25, 0.3) is 54.2 Å². The van der Waals surface area contributed by atoms with Crippen molar-refractivity contribution < 1.29 is 0 Å². The molecule has 11 aromatic carbocycles. The molecule has 0 aliphatic rings. The molecular weight excluding hydrogens is 797 g/mol. The molecule has 0 spiro atoms. The third-order valence-electron chi connectivity index (χ3n) is 13.4. The summed E-state index contributed by atoms with van der Waals surface area (Å²) in [6.45, 7) is 17.5. The van der Waals surface area contributed by atoms with Crippen molar-refractivity contribution in [3.8, 4) is 0 Å². The SMILES string of the molecule is C=C(c1ccc(C)cc1)c1ccc(N(c2ccc(C)cc2)c2ccc3c4ccc(N(c5ccc(C)cc5)c5ccc(C(=C)c6ccc(C)cc6)cc5)c5cccc(c6cccc2c63)c54)cc1. The van der Waals surface area contributed by atoms with Crippen LogP contribution < -0.4 is 9.80 Å². The second kappa shape index (κ2) is 16.4. The average Bonchev–Trinajstić information content (AvgIpc) is 3.35. The van der Waals surface area contributed by atoms with Gasteiger partial charge in [-0.1, -0.05) is 181 Å². The number of hydrogen-bond acceptors (Lipinski definition) is 2. The van der Waals surface area contributed by atoms with Crippen LogP contribution in [0.2, 0.25) is 0 Å². The lowest BCUT2D eigenvalue weighted by Gasteiger charge is -2.29. The number of fused-ring (bicyclic) bond motifs is 2. The van der Waals surface area contributed by atoms with Crippen LogP contribution in [0.15, 0.2) is 219 Å². The van der Waals surface area contributed by atoms with Crippen molar-refractivity contribution in [2.75, 3.05) is 9.80 Å². The van der Waals surface area contributed by atoms with Gasteiger partial charge in [0.1, 0.15) is 0 Å². The Bertz CT molecular complexity index is 3330. The Hall–Kier alpha value is -8.20. The minimum atomic E-state index is 1.01. The van der Waals surface area contributed by atoms with E-state index in [1.165, 1.54) is 65.3 Å². The smallest absolute Gasteiger partial charge is 0.0540 e. The van der Waals surface area contributed by atoms with Crippen LogP contribution in [0, 0.1) is 27.7 Å². The molecule has 11 aromatic rings. The summed E-state index contributed by atoms with van der Waals surface area (Å²) < 4.78 is 0. The molecular formula is C64H50N2. The van der Waals surface area contributed by atoms with E-state index in [0.29, 0.717) is 0 Å². The van der Waals surface area contributed by atoms with E-state index in [-0.39, 0.29) is 0 Å². The van der Waals surface area contributed by atoms with Gasteiger partial charge in [-0.05, 0) is 154 Å². The van der Waals surface area contributed by atoms with E-state index in [9.17, 15) is 0 Å². The number of nitrogens with zero attached hydrogens (tertiary/aromatic N) is 2. The Balaban J connectivity index is 1.05. The topological polar surface area (TPSA) is 6.48 Å². The standard InChI is InChI=1S/C64H50N2/c1-41-13-21-47(22-14-41)45(5)49-25-33-53(34-26-49)65(51-29-17-43(3)18-30-51)61-39-37-57-58-38-40-62(60-12-8-10-56(64(58)60)55-9-7-11-59(61)63(55)57)66(52-31-19-44(4)20-32-52)54-35-27-50(28-36-54)46(6)48-23-15-42(2)16-24-48/h7-40H,5-6H2,1-4H3. The molecule has 0 saturated carbocycles. The van der Waals surface area contributed by atoms with Crippen LogP contribution in [-0.4, -0.2) is 0 Å². The molecule has 0 aliphatic heterocycles. The maximum Gasteiger partial charge on any atom is 0.0540 e. The predicted molar refractivity (Wildman–Crippen MR) is 285 cm³/mol. The number of aryl methyl sites for hydroxylation is 4. The predicted octanol–water partition coefficient (Wildman–Crippen LogP) is 18.0. The minimum absolute atomic E-state index is 1.01. The van der Waals surface area contributed by atoms with Gasteiger partial charge < -0.3 is 9.80 Å². The zero-order valence-corrected chi connectivity index (χ0v) is 37.9. The normalized spacial score (nSPS) is 11.5. The van der Waals surface area contributed by atoms with Crippen molar-refractivity contribution in [1.29, 1.82) is 0 Å². The van der Waals surface area contributed by atoms with Gasteiger partial charge >= 0.3 is 0 Å². The molecule has 0 unspecified atom stereocenters. The molecule has 2 nitrogen and oxygen atoms in total. The number of benzene rings is 11. The Kier molecular flexibility index (Phi) is 10.1. The fourth-order valence-corrected chi connectivity index (χ4v) is 9.78. The third kappa shape index (κ3) is 7.08. The largest absolute Gasteiger partial charge is 0.310 e.